The van der Waals surface area contributed by atoms with Gasteiger partial charge in [-0.2, -0.15) is 5.10 Å². The summed E-state index contributed by atoms with van der Waals surface area (Å²) in [5.41, 5.74) is 2.00. The van der Waals surface area contributed by atoms with Crippen LogP contribution in [-0.4, -0.2) is 27.6 Å². The van der Waals surface area contributed by atoms with E-state index in [-0.39, 0.29) is 6.61 Å². The fourth-order valence-electron chi connectivity index (χ4n) is 2.56. The molecule has 1 N–H and O–H groups in total. The van der Waals surface area contributed by atoms with E-state index in [1.807, 2.05) is 54.9 Å². The third kappa shape index (κ3) is 3.28. The van der Waals surface area contributed by atoms with Gasteiger partial charge >= 0.3 is 0 Å². The van der Waals surface area contributed by atoms with Gasteiger partial charge in [0, 0.05) is 5.69 Å². The van der Waals surface area contributed by atoms with Crippen molar-refractivity contribution in [2.24, 2.45) is 0 Å². The van der Waals surface area contributed by atoms with Crippen molar-refractivity contribution < 1.29 is 9.84 Å². The number of nitrogens with zero attached hydrogens (tertiary/aromatic N) is 2. The largest absolute Gasteiger partial charge is 0.491 e. The fourth-order valence-corrected chi connectivity index (χ4v) is 2.56. The Bertz CT molecular complexity index is 780. The Morgan fingerprint density at radius 3 is 2.59 bits per heavy atom. The summed E-state index contributed by atoms with van der Waals surface area (Å²) in [6, 6.07) is 16.1. The third-order valence-electron chi connectivity index (χ3n) is 3.65. The van der Waals surface area contributed by atoms with Crippen LogP contribution >= 0.6 is 0 Å². The predicted molar refractivity (Wildman–Crippen MR) is 87.2 cm³/mol. The molecule has 4 nitrogen and oxygen atoms in total. The Hall–Kier alpha value is -2.33. The Balaban J connectivity index is 1.62. The molecule has 2 aromatic carbocycles. The van der Waals surface area contributed by atoms with Gasteiger partial charge in [0.2, 0.25) is 0 Å². The standard InChI is InChI=1S/C18H20N2O2/c1-13-9-14(2)20(19-13)11-17(21)12-22-18-8-7-15-5-3-4-6-16(15)10-18/h3-10,17,21H,11-12H2,1-2H3/t17-/m1/s1. The second kappa shape index (κ2) is 6.20. The number of aromatic nitrogens is 2. The molecule has 22 heavy (non-hydrogen) atoms. The van der Waals surface area contributed by atoms with Gasteiger partial charge in [-0.15, -0.1) is 0 Å². The van der Waals surface area contributed by atoms with Crippen LogP contribution in [0.4, 0.5) is 0 Å². The molecule has 0 bridgehead atoms. The van der Waals surface area contributed by atoms with Crippen molar-refractivity contribution in [1.82, 2.24) is 9.78 Å². The lowest BCUT2D eigenvalue weighted by molar-refractivity contribution is 0.0888. The summed E-state index contributed by atoms with van der Waals surface area (Å²) in [5.74, 6) is 0.770. The average molecular weight is 296 g/mol. The molecule has 0 aliphatic rings. The molecule has 0 saturated carbocycles. The highest BCUT2D eigenvalue weighted by molar-refractivity contribution is 5.83. The van der Waals surface area contributed by atoms with Gasteiger partial charge in [0.25, 0.3) is 0 Å². The molecule has 1 heterocycles. The van der Waals surface area contributed by atoms with E-state index >= 15 is 0 Å². The number of aliphatic hydroxyl groups excluding tert-OH is 1. The molecule has 0 amide bonds. The topological polar surface area (TPSA) is 47.3 Å². The van der Waals surface area contributed by atoms with Crippen molar-refractivity contribution in [1.29, 1.82) is 0 Å². The molecule has 0 aliphatic heterocycles. The molecular weight excluding hydrogens is 276 g/mol. The first-order valence-corrected chi connectivity index (χ1v) is 7.42. The zero-order valence-corrected chi connectivity index (χ0v) is 12.9. The van der Waals surface area contributed by atoms with Crippen molar-refractivity contribution in [2.45, 2.75) is 26.5 Å². The van der Waals surface area contributed by atoms with E-state index in [1.54, 1.807) is 0 Å². The second-order valence-corrected chi connectivity index (χ2v) is 5.58. The van der Waals surface area contributed by atoms with E-state index in [0.717, 1.165) is 22.5 Å². The normalized spacial score (nSPS) is 12.5. The highest BCUT2D eigenvalue weighted by Gasteiger charge is 2.09. The zero-order valence-electron chi connectivity index (χ0n) is 12.9. The van der Waals surface area contributed by atoms with Gasteiger partial charge in [-0.25, -0.2) is 0 Å². The number of hydrogen-bond acceptors (Lipinski definition) is 3. The zero-order chi connectivity index (χ0) is 15.5. The van der Waals surface area contributed by atoms with Crippen LogP contribution in [0.25, 0.3) is 10.8 Å². The van der Waals surface area contributed by atoms with Crippen LogP contribution in [0.1, 0.15) is 11.4 Å². The first-order chi connectivity index (χ1) is 10.6. The summed E-state index contributed by atoms with van der Waals surface area (Å²) < 4.78 is 7.51. The van der Waals surface area contributed by atoms with Crippen LogP contribution < -0.4 is 4.74 Å². The number of ether oxygens (including phenoxy) is 1. The number of rotatable bonds is 5. The van der Waals surface area contributed by atoms with Crippen molar-refractivity contribution in [3.63, 3.8) is 0 Å². The number of hydrogen-bond donors (Lipinski definition) is 1. The van der Waals surface area contributed by atoms with E-state index in [2.05, 4.69) is 17.2 Å². The molecule has 0 spiro atoms. The molecule has 0 radical (unpaired) electrons. The Morgan fingerprint density at radius 1 is 1.09 bits per heavy atom. The molecule has 0 unspecified atom stereocenters. The average Bonchev–Trinajstić information content (AvgIpc) is 2.82. The second-order valence-electron chi connectivity index (χ2n) is 5.58. The maximum absolute atomic E-state index is 10.1. The van der Waals surface area contributed by atoms with Gasteiger partial charge < -0.3 is 9.84 Å². The molecule has 0 aliphatic carbocycles. The summed E-state index contributed by atoms with van der Waals surface area (Å²) in [4.78, 5) is 0. The van der Waals surface area contributed by atoms with Gasteiger partial charge in [0.15, 0.2) is 0 Å². The number of aryl methyl sites for hydroxylation is 2. The van der Waals surface area contributed by atoms with Crippen molar-refractivity contribution >= 4 is 10.8 Å². The Kier molecular flexibility index (Phi) is 4.11. The van der Waals surface area contributed by atoms with E-state index in [1.165, 1.54) is 5.39 Å². The van der Waals surface area contributed by atoms with E-state index in [0.29, 0.717) is 6.54 Å². The van der Waals surface area contributed by atoms with Crippen LogP contribution in [0.3, 0.4) is 0 Å². The van der Waals surface area contributed by atoms with Gasteiger partial charge in [0.05, 0.1) is 12.2 Å². The Morgan fingerprint density at radius 2 is 1.86 bits per heavy atom. The van der Waals surface area contributed by atoms with Gasteiger partial charge in [0.1, 0.15) is 18.5 Å². The summed E-state index contributed by atoms with van der Waals surface area (Å²) in [7, 11) is 0. The van der Waals surface area contributed by atoms with Gasteiger partial charge in [-0.3, -0.25) is 4.68 Å². The van der Waals surface area contributed by atoms with E-state index < -0.39 is 6.10 Å². The van der Waals surface area contributed by atoms with E-state index in [9.17, 15) is 5.11 Å². The van der Waals surface area contributed by atoms with Crippen LogP contribution in [-0.2, 0) is 6.54 Å². The lowest BCUT2D eigenvalue weighted by atomic mass is 10.1. The van der Waals surface area contributed by atoms with Crippen molar-refractivity contribution in [3.8, 4) is 5.75 Å². The van der Waals surface area contributed by atoms with Crippen LogP contribution in [0.15, 0.2) is 48.5 Å². The molecule has 1 atom stereocenters. The monoisotopic (exact) mass is 296 g/mol. The van der Waals surface area contributed by atoms with Crippen LogP contribution in [0.5, 0.6) is 5.75 Å². The lowest BCUT2D eigenvalue weighted by Gasteiger charge is -2.14. The molecule has 1 aromatic heterocycles. The number of fused-ring (bicyclic) bond motifs is 1. The minimum absolute atomic E-state index is 0.247. The Labute approximate surface area is 130 Å². The molecule has 4 heteroatoms. The first-order valence-electron chi connectivity index (χ1n) is 7.42. The fraction of sp³-hybridized carbons (Fsp3) is 0.278. The minimum Gasteiger partial charge on any atom is -0.491 e. The van der Waals surface area contributed by atoms with Crippen molar-refractivity contribution in [3.05, 3.63) is 59.9 Å². The third-order valence-corrected chi connectivity index (χ3v) is 3.65. The van der Waals surface area contributed by atoms with Gasteiger partial charge in [-0.05, 0) is 42.8 Å². The molecular formula is C18H20N2O2. The summed E-state index contributed by atoms with van der Waals surface area (Å²) >= 11 is 0. The predicted octanol–water partition coefficient (Wildman–Crippen LogP) is 3.09. The highest BCUT2D eigenvalue weighted by Crippen LogP contribution is 2.20. The minimum atomic E-state index is -0.593. The maximum atomic E-state index is 10.1. The van der Waals surface area contributed by atoms with Crippen LogP contribution in [0, 0.1) is 13.8 Å². The lowest BCUT2D eigenvalue weighted by Crippen LogP contribution is -2.24. The SMILES string of the molecule is Cc1cc(C)n(C[C@@H](O)COc2ccc3ccccc3c2)n1. The molecule has 114 valence electrons. The first kappa shape index (κ1) is 14.6. The van der Waals surface area contributed by atoms with Crippen LogP contribution in [0.2, 0.25) is 0 Å². The summed E-state index contributed by atoms with van der Waals surface area (Å²) in [6.45, 7) is 4.61. The summed E-state index contributed by atoms with van der Waals surface area (Å²) in [6.07, 6.45) is -0.593. The smallest absolute Gasteiger partial charge is 0.120 e. The quantitative estimate of drug-likeness (QED) is 0.787. The summed E-state index contributed by atoms with van der Waals surface area (Å²) in [5, 5.41) is 16.8. The number of benzene rings is 2. The molecule has 3 aromatic rings. The molecule has 0 saturated heterocycles. The molecule has 0 fully saturated rings. The van der Waals surface area contributed by atoms with Crippen molar-refractivity contribution in [2.75, 3.05) is 6.61 Å². The highest BCUT2D eigenvalue weighted by atomic mass is 16.5. The number of aliphatic hydroxyl groups is 1. The maximum Gasteiger partial charge on any atom is 0.120 e. The van der Waals surface area contributed by atoms with E-state index in [4.69, 9.17) is 4.74 Å². The van der Waals surface area contributed by atoms with Gasteiger partial charge in [-0.1, -0.05) is 30.3 Å². The molecule has 3 rings (SSSR count).